The molecule has 0 saturated carbocycles. The third-order valence-electron chi connectivity index (χ3n) is 2.77. The van der Waals surface area contributed by atoms with Crippen molar-refractivity contribution in [3.05, 3.63) is 40.8 Å². The van der Waals surface area contributed by atoms with E-state index in [9.17, 15) is 4.79 Å². The fourth-order valence-electron chi connectivity index (χ4n) is 1.77. The van der Waals surface area contributed by atoms with E-state index < -0.39 is 0 Å². The molecule has 100 valence electrons. The lowest BCUT2D eigenvalue weighted by Gasteiger charge is -2.08. The lowest BCUT2D eigenvalue weighted by atomic mass is 10.2. The largest absolute Gasteiger partial charge is 0.320 e. The van der Waals surface area contributed by atoms with Gasteiger partial charge in [-0.3, -0.25) is 4.79 Å². The van der Waals surface area contributed by atoms with E-state index in [-0.39, 0.29) is 5.92 Å². The molecule has 0 spiro atoms. The molecule has 3 nitrogen and oxygen atoms in total. The number of imidazole rings is 1. The summed E-state index contributed by atoms with van der Waals surface area (Å²) in [5.74, 6) is 0.717. The topological polar surface area (TPSA) is 34.9 Å². The van der Waals surface area contributed by atoms with Gasteiger partial charge < -0.3 is 4.57 Å². The SMILES string of the molecule is CC(C)c1nc(C=O)n(C)c1Sc1cccc(Cl)c1. The van der Waals surface area contributed by atoms with Crippen LogP contribution >= 0.6 is 23.4 Å². The zero-order valence-corrected chi connectivity index (χ0v) is 12.6. The number of carbonyl (C=O) groups excluding carboxylic acids is 1. The molecule has 19 heavy (non-hydrogen) atoms. The smallest absolute Gasteiger partial charge is 0.185 e. The highest BCUT2D eigenvalue weighted by Gasteiger charge is 2.17. The van der Waals surface area contributed by atoms with E-state index in [1.165, 1.54) is 0 Å². The van der Waals surface area contributed by atoms with Crippen molar-refractivity contribution in [3.8, 4) is 0 Å². The van der Waals surface area contributed by atoms with Crippen LogP contribution in [0.15, 0.2) is 34.2 Å². The van der Waals surface area contributed by atoms with Crippen molar-refractivity contribution < 1.29 is 4.79 Å². The van der Waals surface area contributed by atoms with Gasteiger partial charge in [-0.15, -0.1) is 0 Å². The molecule has 1 heterocycles. The molecule has 0 atom stereocenters. The number of nitrogens with zero attached hydrogens (tertiary/aromatic N) is 2. The maximum absolute atomic E-state index is 11.0. The molecule has 0 radical (unpaired) electrons. The number of aromatic nitrogens is 2. The molecule has 0 aliphatic carbocycles. The molecule has 0 saturated heterocycles. The molecule has 0 amide bonds. The second-order valence-corrected chi connectivity index (χ2v) is 6.05. The highest BCUT2D eigenvalue weighted by atomic mass is 35.5. The van der Waals surface area contributed by atoms with Crippen LogP contribution in [0.3, 0.4) is 0 Å². The molecule has 2 aromatic rings. The first-order valence-electron chi connectivity index (χ1n) is 5.98. The third kappa shape index (κ3) is 3.01. The summed E-state index contributed by atoms with van der Waals surface area (Å²) < 4.78 is 1.83. The van der Waals surface area contributed by atoms with Crippen molar-refractivity contribution >= 4 is 29.6 Å². The summed E-state index contributed by atoms with van der Waals surface area (Å²) >= 11 is 7.57. The molecule has 0 unspecified atom stereocenters. The van der Waals surface area contributed by atoms with Gasteiger partial charge in [-0.25, -0.2) is 4.98 Å². The minimum absolute atomic E-state index is 0.265. The van der Waals surface area contributed by atoms with E-state index in [4.69, 9.17) is 11.6 Å². The molecular formula is C14H15ClN2OS. The van der Waals surface area contributed by atoms with Gasteiger partial charge in [0, 0.05) is 17.0 Å². The van der Waals surface area contributed by atoms with Crippen molar-refractivity contribution in [2.45, 2.75) is 29.7 Å². The molecule has 5 heteroatoms. The van der Waals surface area contributed by atoms with E-state index in [1.54, 1.807) is 11.8 Å². The molecule has 2 rings (SSSR count). The maximum atomic E-state index is 11.0. The Morgan fingerprint density at radius 1 is 1.42 bits per heavy atom. The second kappa shape index (κ2) is 5.80. The highest BCUT2D eigenvalue weighted by molar-refractivity contribution is 7.99. The zero-order valence-electron chi connectivity index (χ0n) is 11.1. The van der Waals surface area contributed by atoms with Gasteiger partial charge in [-0.05, 0) is 24.1 Å². The lowest BCUT2D eigenvalue weighted by Crippen LogP contribution is -1.97. The Morgan fingerprint density at radius 2 is 2.16 bits per heavy atom. The fraction of sp³-hybridized carbons (Fsp3) is 0.286. The van der Waals surface area contributed by atoms with Crippen molar-refractivity contribution in [3.63, 3.8) is 0 Å². The zero-order chi connectivity index (χ0) is 14.0. The molecule has 1 aromatic carbocycles. The van der Waals surface area contributed by atoms with Gasteiger partial charge in [0.2, 0.25) is 0 Å². The van der Waals surface area contributed by atoms with Gasteiger partial charge >= 0.3 is 0 Å². The first-order chi connectivity index (χ1) is 9.02. The average molecular weight is 295 g/mol. The van der Waals surface area contributed by atoms with Gasteiger partial charge in [0.05, 0.1) is 5.69 Å². The number of aldehydes is 1. The summed E-state index contributed by atoms with van der Waals surface area (Å²) in [4.78, 5) is 16.4. The summed E-state index contributed by atoms with van der Waals surface area (Å²) in [5, 5.41) is 1.69. The summed E-state index contributed by atoms with van der Waals surface area (Å²) in [7, 11) is 1.86. The van der Waals surface area contributed by atoms with Crippen LogP contribution in [0.2, 0.25) is 5.02 Å². The minimum Gasteiger partial charge on any atom is -0.320 e. The standard InChI is InChI=1S/C14H15ClN2OS/c1-9(2)13-14(17(3)12(8-18)16-13)19-11-6-4-5-10(15)7-11/h4-9H,1-3H3. The number of benzene rings is 1. The monoisotopic (exact) mass is 294 g/mol. The van der Waals surface area contributed by atoms with Crippen molar-refractivity contribution in [1.29, 1.82) is 0 Å². The Morgan fingerprint density at radius 3 is 2.74 bits per heavy atom. The molecule has 0 N–H and O–H groups in total. The van der Waals surface area contributed by atoms with E-state index in [2.05, 4.69) is 18.8 Å². The van der Waals surface area contributed by atoms with Gasteiger partial charge in [-0.1, -0.05) is 43.3 Å². The van der Waals surface area contributed by atoms with Gasteiger partial charge in [0.25, 0.3) is 0 Å². The van der Waals surface area contributed by atoms with E-state index in [0.29, 0.717) is 10.8 Å². The maximum Gasteiger partial charge on any atom is 0.185 e. The normalized spacial score (nSPS) is 11.0. The predicted molar refractivity (Wildman–Crippen MR) is 78.3 cm³/mol. The van der Waals surface area contributed by atoms with Crippen molar-refractivity contribution in [2.24, 2.45) is 7.05 Å². The predicted octanol–water partition coefficient (Wildman–Crippen LogP) is 4.16. The van der Waals surface area contributed by atoms with E-state index >= 15 is 0 Å². The minimum atomic E-state index is 0.265. The van der Waals surface area contributed by atoms with Crippen molar-refractivity contribution in [1.82, 2.24) is 9.55 Å². The lowest BCUT2D eigenvalue weighted by molar-refractivity contribution is 0.111. The van der Waals surface area contributed by atoms with Gasteiger partial charge in [0.15, 0.2) is 12.1 Å². The second-order valence-electron chi connectivity index (χ2n) is 4.55. The van der Waals surface area contributed by atoms with Crippen LogP contribution in [0.4, 0.5) is 0 Å². The molecule has 0 aliphatic heterocycles. The molecule has 0 aliphatic rings. The van der Waals surface area contributed by atoms with Gasteiger partial charge in [-0.2, -0.15) is 0 Å². The summed E-state index contributed by atoms with van der Waals surface area (Å²) in [6.45, 7) is 4.14. The fourth-order valence-corrected chi connectivity index (χ4v) is 3.19. The van der Waals surface area contributed by atoms with Crippen molar-refractivity contribution in [2.75, 3.05) is 0 Å². The van der Waals surface area contributed by atoms with Crippen LogP contribution in [0.25, 0.3) is 0 Å². The quantitative estimate of drug-likeness (QED) is 0.794. The molecule has 0 fully saturated rings. The highest BCUT2D eigenvalue weighted by Crippen LogP contribution is 2.34. The van der Waals surface area contributed by atoms with Crippen LogP contribution in [0, 0.1) is 0 Å². The number of hydrogen-bond acceptors (Lipinski definition) is 3. The van der Waals surface area contributed by atoms with Crippen LogP contribution in [-0.2, 0) is 7.05 Å². The first kappa shape index (κ1) is 14.2. The summed E-state index contributed by atoms with van der Waals surface area (Å²) in [6.07, 6.45) is 0.786. The first-order valence-corrected chi connectivity index (χ1v) is 7.17. The Kier molecular flexibility index (Phi) is 4.32. The molecular weight excluding hydrogens is 280 g/mol. The number of halogens is 1. The Labute approximate surface area is 122 Å². The molecule has 1 aromatic heterocycles. The summed E-state index contributed by atoms with van der Waals surface area (Å²) in [6, 6.07) is 7.66. The molecule has 0 bridgehead atoms. The Bertz CT molecular complexity index is 607. The van der Waals surface area contributed by atoms with Crippen LogP contribution in [0.5, 0.6) is 0 Å². The van der Waals surface area contributed by atoms with Crippen LogP contribution < -0.4 is 0 Å². The average Bonchev–Trinajstić information content (AvgIpc) is 2.67. The van der Waals surface area contributed by atoms with E-state index in [0.717, 1.165) is 21.9 Å². The van der Waals surface area contributed by atoms with Gasteiger partial charge in [0.1, 0.15) is 5.03 Å². The Balaban J connectivity index is 2.43. The Hall–Kier alpha value is -1.26. The van der Waals surface area contributed by atoms with Crippen LogP contribution in [0.1, 0.15) is 36.1 Å². The third-order valence-corrected chi connectivity index (χ3v) is 4.17. The number of rotatable bonds is 4. The van der Waals surface area contributed by atoms with Crippen LogP contribution in [-0.4, -0.2) is 15.8 Å². The number of carbonyl (C=O) groups is 1. The number of hydrogen-bond donors (Lipinski definition) is 0. The summed E-state index contributed by atoms with van der Waals surface area (Å²) in [5.41, 5.74) is 0.939. The van der Waals surface area contributed by atoms with E-state index in [1.807, 2.05) is 35.9 Å².